The fourth-order valence-corrected chi connectivity index (χ4v) is 2.59. The van der Waals surface area contributed by atoms with Crippen LogP contribution in [0.4, 0.5) is 0 Å². The number of aliphatic hydroxyl groups is 1. The van der Waals surface area contributed by atoms with E-state index >= 15 is 0 Å². The maximum Gasteiger partial charge on any atom is 0.197 e. The number of aliphatic hydroxyl groups excluding tert-OH is 1. The van der Waals surface area contributed by atoms with E-state index in [1.807, 2.05) is 0 Å². The average Bonchev–Trinajstić information content (AvgIpc) is 2.70. The Bertz CT molecular complexity index is 1040. The molecule has 3 N–H and O–H groups in total. The van der Waals surface area contributed by atoms with Crippen LogP contribution in [-0.4, -0.2) is 22.4 Å². The second kappa shape index (κ2) is 9.32. The molecule has 0 fully saturated rings. The van der Waals surface area contributed by atoms with Crippen LogP contribution < -0.4 is 10.2 Å². The molecular weight excluding hydrogens is 360 g/mol. The predicted octanol–water partition coefficient (Wildman–Crippen LogP) is 4.69. The maximum atomic E-state index is 12.4. The van der Waals surface area contributed by atoms with E-state index in [1.165, 1.54) is 6.07 Å². The van der Waals surface area contributed by atoms with E-state index in [-0.39, 0.29) is 27.9 Å². The molecule has 1 aromatic heterocycles. The Hall–Kier alpha value is -3.67. The molecule has 0 amide bonds. The van der Waals surface area contributed by atoms with Gasteiger partial charge in [0.25, 0.3) is 0 Å². The second-order valence-electron chi connectivity index (χ2n) is 5.78. The summed E-state index contributed by atoms with van der Waals surface area (Å²) >= 11 is 0. The molecule has 146 valence electrons. The highest BCUT2D eigenvalue weighted by molar-refractivity contribution is 5.89. The number of methoxy groups -OCH3 is 1. The fraction of sp³-hybridized carbons (Fsp3) is 0.136. The Balaban J connectivity index is 0.000000640. The number of hydrogen-bond acceptors (Lipinski definition) is 6. The number of benzene rings is 2. The molecular formula is C22H22O6. The van der Waals surface area contributed by atoms with Crippen LogP contribution in [0.1, 0.15) is 12.5 Å². The van der Waals surface area contributed by atoms with Gasteiger partial charge in [-0.05, 0) is 37.6 Å². The number of allylic oxidation sites excluding steroid dienone is 2. The first-order valence-corrected chi connectivity index (χ1v) is 8.49. The van der Waals surface area contributed by atoms with Crippen molar-refractivity contribution in [3.63, 3.8) is 0 Å². The molecule has 0 aliphatic carbocycles. The van der Waals surface area contributed by atoms with Crippen LogP contribution >= 0.6 is 0 Å². The molecule has 28 heavy (non-hydrogen) atoms. The van der Waals surface area contributed by atoms with E-state index in [0.717, 1.165) is 12.3 Å². The smallest absolute Gasteiger partial charge is 0.197 e. The number of aromatic hydroxyl groups is 2. The first-order chi connectivity index (χ1) is 13.5. The zero-order valence-corrected chi connectivity index (χ0v) is 15.7. The van der Waals surface area contributed by atoms with Gasteiger partial charge in [0.1, 0.15) is 34.0 Å². The monoisotopic (exact) mass is 382 g/mol. The van der Waals surface area contributed by atoms with E-state index < -0.39 is 0 Å². The molecule has 3 aromatic rings. The third-order valence-electron chi connectivity index (χ3n) is 3.93. The van der Waals surface area contributed by atoms with Crippen molar-refractivity contribution in [3.05, 3.63) is 77.2 Å². The third kappa shape index (κ3) is 4.35. The highest BCUT2D eigenvalue weighted by atomic mass is 16.5. The highest BCUT2D eigenvalue weighted by Gasteiger charge is 2.17. The lowest BCUT2D eigenvalue weighted by Crippen LogP contribution is -2.03. The molecule has 6 nitrogen and oxygen atoms in total. The number of rotatable bonds is 4. The van der Waals surface area contributed by atoms with Crippen molar-refractivity contribution < 1.29 is 24.5 Å². The van der Waals surface area contributed by atoms with Gasteiger partial charge in [-0.2, -0.15) is 0 Å². The quantitative estimate of drug-likeness (QED) is 0.447. The molecule has 0 radical (unpaired) electrons. The Labute approximate surface area is 162 Å². The van der Waals surface area contributed by atoms with E-state index in [9.17, 15) is 15.0 Å². The minimum absolute atomic E-state index is 0.0434. The largest absolute Gasteiger partial charge is 0.516 e. The van der Waals surface area contributed by atoms with Crippen LogP contribution in [0.3, 0.4) is 0 Å². The van der Waals surface area contributed by atoms with Gasteiger partial charge >= 0.3 is 0 Å². The van der Waals surface area contributed by atoms with Crippen molar-refractivity contribution in [2.45, 2.75) is 13.3 Å². The number of hydrogen-bond donors (Lipinski definition) is 3. The molecule has 0 spiro atoms. The van der Waals surface area contributed by atoms with Gasteiger partial charge in [-0.1, -0.05) is 12.2 Å². The average molecular weight is 382 g/mol. The molecule has 6 heteroatoms. The first-order valence-electron chi connectivity index (χ1n) is 8.49. The van der Waals surface area contributed by atoms with Crippen LogP contribution in [0.2, 0.25) is 0 Å². The number of phenolic OH excluding ortho intramolecular Hbond substituents is 2. The van der Waals surface area contributed by atoms with Crippen molar-refractivity contribution in [3.8, 4) is 28.6 Å². The molecule has 0 aliphatic heterocycles. The number of fused-ring (bicyclic) bond motifs is 1. The first kappa shape index (κ1) is 20.6. The number of ether oxygens (including phenoxy) is 1. The zero-order valence-electron chi connectivity index (χ0n) is 15.7. The summed E-state index contributed by atoms with van der Waals surface area (Å²) < 4.78 is 11.0. The van der Waals surface area contributed by atoms with Crippen molar-refractivity contribution in [2.75, 3.05) is 7.11 Å². The molecule has 2 aromatic carbocycles. The lowest BCUT2D eigenvalue weighted by atomic mass is 10.0. The third-order valence-corrected chi connectivity index (χ3v) is 3.93. The molecule has 0 bridgehead atoms. The van der Waals surface area contributed by atoms with Crippen LogP contribution in [0.15, 0.2) is 70.6 Å². The van der Waals surface area contributed by atoms with Gasteiger partial charge in [-0.3, -0.25) is 4.79 Å². The van der Waals surface area contributed by atoms with Gasteiger partial charge in [0, 0.05) is 23.3 Å². The minimum atomic E-state index is -0.384. The molecule has 0 unspecified atom stereocenters. The van der Waals surface area contributed by atoms with Gasteiger partial charge in [0.05, 0.1) is 13.4 Å². The molecule has 0 saturated heterocycles. The SMILES string of the molecule is C=CCc1c(O)cc(O)c2c(=O)cc(-c3ccc(OC)cc3)oc12.CC=CO. The van der Waals surface area contributed by atoms with Crippen molar-refractivity contribution in [1.29, 1.82) is 0 Å². The van der Waals surface area contributed by atoms with Gasteiger partial charge in [-0.25, -0.2) is 0 Å². The summed E-state index contributed by atoms with van der Waals surface area (Å²) in [5.74, 6) is 0.565. The Kier molecular flexibility index (Phi) is 6.87. The van der Waals surface area contributed by atoms with Crippen LogP contribution in [0.5, 0.6) is 17.2 Å². The zero-order chi connectivity index (χ0) is 20.7. The van der Waals surface area contributed by atoms with Crippen LogP contribution in [-0.2, 0) is 6.42 Å². The lowest BCUT2D eigenvalue weighted by Gasteiger charge is -2.10. The van der Waals surface area contributed by atoms with Crippen LogP contribution in [0, 0.1) is 0 Å². The normalized spacial score (nSPS) is 10.5. The summed E-state index contributed by atoms with van der Waals surface area (Å²) in [6, 6.07) is 9.50. The van der Waals surface area contributed by atoms with Gasteiger partial charge in [0.2, 0.25) is 0 Å². The van der Waals surface area contributed by atoms with E-state index in [0.29, 0.717) is 29.1 Å². The van der Waals surface area contributed by atoms with E-state index in [2.05, 4.69) is 6.58 Å². The summed E-state index contributed by atoms with van der Waals surface area (Å²) in [6.45, 7) is 5.39. The lowest BCUT2D eigenvalue weighted by molar-refractivity contribution is 0.415. The number of phenols is 2. The minimum Gasteiger partial charge on any atom is -0.516 e. The van der Waals surface area contributed by atoms with E-state index in [1.54, 1.807) is 50.5 Å². The Morgan fingerprint density at radius 1 is 1.14 bits per heavy atom. The maximum absolute atomic E-state index is 12.4. The Morgan fingerprint density at radius 2 is 1.79 bits per heavy atom. The van der Waals surface area contributed by atoms with Crippen molar-refractivity contribution >= 4 is 11.0 Å². The van der Waals surface area contributed by atoms with E-state index in [4.69, 9.17) is 14.3 Å². The molecule has 0 atom stereocenters. The standard InChI is InChI=1S/C19H16O5.C3H6O/c1-3-4-13-14(20)9-15(21)18-16(22)10-17(24-19(13)18)11-5-7-12(23-2)8-6-11;1-2-3-4/h3,5-10,20-21H,1,4H2,2H3;2-4H,1H3. The summed E-state index contributed by atoms with van der Waals surface area (Å²) in [4.78, 5) is 12.4. The molecule has 3 rings (SSSR count). The molecule has 0 saturated carbocycles. The predicted molar refractivity (Wildman–Crippen MR) is 109 cm³/mol. The van der Waals surface area contributed by atoms with Crippen molar-refractivity contribution in [1.82, 2.24) is 0 Å². The molecule has 1 heterocycles. The summed E-state index contributed by atoms with van der Waals surface area (Å²) in [6.07, 6.45) is 4.45. The van der Waals surface area contributed by atoms with Gasteiger partial charge in [-0.15, -0.1) is 6.58 Å². The van der Waals surface area contributed by atoms with Gasteiger partial charge in [0.15, 0.2) is 5.43 Å². The summed E-state index contributed by atoms with van der Waals surface area (Å²) in [5, 5.41) is 27.8. The fourth-order valence-electron chi connectivity index (χ4n) is 2.59. The highest BCUT2D eigenvalue weighted by Crippen LogP contribution is 2.35. The topological polar surface area (TPSA) is 100 Å². The summed E-state index contributed by atoms with van der Waals surface area (Å²) in [7, 11) is 1.57. The summed E-state index contributed by atoms with van der Waals surface area (Å²) in [5.41, 5.74) is 0.864. The van der Waals surface area contributed by atoms with Crippen molar-refractivity contribution in [2.24, 2.45) is 0 Å². The van der Waals surface area contributed by atoms with Gasteiger partial charge < -0.3 is 24.5 Å². The Morgan fingerprint density at radius 3 is 2.32 bits per heavy atom. The van der Waals surface area contributed by atoms with Crippen LogP contribution in [0.25, 0.3) is 22.3 Å². The second-order valence-corrected chi connectivity index (χ2v) is 5.78. The molecule has 0 aliphatic rings.